The summed E-state index contributed by atoms with van der Waals surface area (Å²) < 4.78 is 5.13. The second kappa shape index (κ2) is 7.19. The van der Waals surface area contributed by atoms with Gasteiger partial charge >= 0.3 is 0 Å². The van der Waals surface area contributed by atoms with Gasteiger partial charge < -0.3 is 15.0 Å². The van der Waals surface area contributed by atoms with Crippen LogP contribution < -0.4 is 10.1 Å². The van der Waals surface area contributed by atoms with Crippen molar-refractivity contribution >= 4 is 17.2 Å². The van der Waals surface area contributed by atoms with Crippen LogP contribution in [0.5, 0.6) is 5.75 Å². The van der Waals surface area contributed by atoms with Gasteiger partial charge in [-0.1, -0.05) is 0 Å². The van der Waals surface area contributed by atoms with E-state index in [1.807, 2.05) is 31.3 Å². The Bertz CT molecular complexity index is 595. The molecule has 1 aromatic heterocycles. The highest BCUT2D eigenvalue weighted by atomic mass is 32.1. The molecular formula is C15H19N3O2S. The lowest BCUT2D eigenvalue weighted by Crippen LogP contribution is -2.32. The van der Waals surface area contributed by atoms with Crippen LogP contribution in [-0.4, -0.2) is 50.1 Å². The van der Waals surface area contributed by atoms with Crippen molar-refractivity contribution in [2.75, 3.05) is 34.3 Å². The number of nitrogens with one attached hydrogen (secondary N) is 1. The van der Waals surface area contributed by atoms with Gasteiger partial charge in [-0.15, -0.1) is 11.3 Å². The predicted octanol–water partition coefficient (Wildman–Crippen LogP) is 2.11. The number of likely N-dealkylation sites (N-methyl/N-ethyl adjacent to an activating group) is 2. The minimum atomic E-state index is 0.00233. The minimum Gasteiger partial charge on any atom is -0.497 e. The monoisotopic (exact) mass is 305 g/mol. The summed E-state index contributed by atoms with van der Waals surface area (Å²) in [4.78, 5) is 18.9. The largest absolute Gasteiger partial charge is 0.497 e. The minimum absolute atomic E-state index is 0.00233. The first-order valence-corrected chi connectivity index (χ1v) is 7.47. The first kappa shape index (κ1) is 15.5. The Kier molecular flexibility index (Phi) is 5.30. The third kappa shape index (κ3) is 3.80. The van der Waals surface area contributed by atoms with Gasteiger partial charge in [-0.25, -0.2) is 4.98 Å². The van der Waals surface area contributed by atoms with Crippen molar-refractivity contribution < 1.29 is 9.53 Å². The molecule has 0 radical (unpaired) electrons. The lowest BCUT2D eigenvalue weighted by atomic mass is 10.2. The van der Waals surface area contributed by atoms with Gasteiger partial charge in [-0.3, -0.25) is 4.79 Å². The molecule has 1 amide bonds. The van der Waals surface area contributed by atoms with Gasteiger partial charge in [-0.05, 0) is 31.3 Å². The third-order valence-corrected chi connectivity index (χ3v) is 4.13. The van der Waals surface area contributed by atoms with E-state index in [9.17, 15) is 4.79 Å². The van der Waals surface area contributed by atoms with Crippen LogP contribution in [0.25, 0.3) is 10.6 Å². The molecule has 0 atom stereocenters. The molecular weight excluding hydrogens is 286 g/mol. The number of thiazole rings is 1. The number of methoxy groups -OCH3 is 1. The molecule has 0 saturated heterocycles. The zero-order chi connectivity index (χ0) is 15.2. The van der Waals surface area contributed by atoms with Gasteiger partial charge in [0.1, 0.15) is 15.6 Å². The van der Waals surface area contributed by atoms with Gasteiger partial charge in [0.2, 0.25) is 0 Å². The van der Waals surface area contributed by atoms with Crippen LogP contribution in [0.1, 0.15) is 9.67 Å². The molecule has 2 aromatic rings. The molecule has 1 aromatic carbocycles. The summed E-state index contributed by atoms with van der Waals surface area (Å²) in [6, 6.07) is 7.65. The average Bonchev–Trinajstić information content (AvgIpc) is 3.01. The first-order chi connectivity index (χ1) is 10.2. The number of carbonyl (C=O) groups is 1. The normalized spacial score (nSPS) is 10.4. The highest BCUT2D eigenvalue weighted by molar-refractivity contribution is 7.16. The standard InChI is InChI=1S/C15H19N3O2S/c1-16-8-9-18(2)15(19)13-10-17-14(21-13)11-4-6-12(20-3)7-5-11/h4-7,10,16H,8-9H2,1-3H3. The molecule has 0 unspecified atom stereocenters. The van der Waals surface area contributed by atoms with E-state index >= 15 is 0 Å². The molecule has 0 bridgehead atoms. The maximum Gasteiger partial charge on any atom is 0.265 e. The highest BCUT2D eigenvalue weighted by Gasteiger charge is 2.15. The molecule has 0 saturated carbocycles. The number of hydrogen-bond donors (Lipinski definition) is 1. The number of aromatic nitrogens is 1. The maximum atomic E-state index is 12.2. The lowest BCUT2D eigenvalue weighted by molar-refractivity contribution is 0.0801. The summed E-state index contributed by atoms with van der Waals surface area (Å²) in [7, 11) is 5.30. The lowest BCUT2D eigenvalue weighted by Gasteiger charge is -2.15. The van der Waals surface area contributed by atoms with Gasteiger partial charge in [0.25, 0.3) is 5.91 Å². The molecule has 2 rings (SSSR count). The summed E-state index contributed by atoms with van der Waals surface area (Å²) in [5, 5.41) is 3.86. The molecule has 0 fully saturated rings. The Morgan fingerprint density at radius 2 is 2.10 bits per heavy atom. The molecule has 0 aliphatic carbocycles. The van der Waals surface area contributed by atoms with E-state index in [0.717, 1.165) is 22.9 Å². The van der Waals surface area contributed by atoms with Crippen molar-refractivity contribution in [3.63, 3.8) is 0 Å². The van der Waals surface area contributed by atoms with E-state index in [1.54, 1.807) is 25.3 Å². The summed E-state index contributed by atoms with van der Waals surface area (Å²) in [6.07, 6.45) is 1.64. The number of rotatable bonds is 6. The van der Waals surface area contributed by atoms with Gasteiger partial charge in [0, 0.05) is 25.7 Å². The first-order valence-electron chi connectivity index (χ1n) is 6.66. The quantitative estimate of drug-likeness (QED) is 0.888. The number of carbonyl (C=O) groups excluding carboxylic acids is 1. The number of nitrogens with zero attached hydrogens (tertiary/aromatic N) is 2. The van der Waals surface area contributed by atoms with Crippen molar-refractivity contribution in [2.45, 2.75) is 0 Å². The fourth-order valence-electron chi connectivity index (χ4n) is 1.81. The van der Waals surface area contributed by atoms with Gasteiger partial charge in [0.15, 0.2) is 0 Å². The van der Waals surface area contributed by atoms with Gasteiger partial charge in [0.05, 0.1) is 13.3 Å². The van der Waals surface area contributed by atoms with Crippen LogP contribution in [0, 0.1) is 0 Å². The smallest absolute Gasteiger partial charge is 0.265 e. The second-order valence-corrected chi connectivity index (χ2v) is 5.62. The van der Waals surface area contributed by atoms with Crippen molar-refractivity contribution in [1.82, 2.24) is 15.2 Å². The summed E-state index contributed by atoms with van der Waals surface area (Å²) in [5.74, 6) is 0.806. The molecule has 1 N–H and O–H groups in total. The topological polar surface area (TPSA) is 54.5 Å². The Morgan fingerprint density at radius 1 is 1.38 bits per heavy atom. The SMILES string of the molecule is CNCCN(C)C(=O)c1cnc(-c2ccc(OC)cc2)s1. The van der Waals surface area contributed by atoms with Gasteiger partial charge in [-0.2, -0.15) is 0 Å². The van der Waals surface area contributed by atoms with E-state index < -0.39 is 0 Å². The molecule has 0 aliphatic rings. The number of ether oxygens (including phenoxy) is 1. The van der Waals surface area contributed by atoms with E-state index in [1.165, 1.54) is 11.3 Å². The summed E-state index contributed by atoms with van der Waals surface area (Å²) in [6.45, 7) is 1.44. The van der Waals surface area contributed by atoms with Crippen LogP contribution in [0.2, 0.25) is 0 Å². The fourth-order valence-corrected chi connectivity index (χ4v) is 2.73. The van der Waals surface area contributed by atoms with Crippen LogP contribution in [0.15, 0.2) is 30.5 Å². The van der Waals surface area contributed by atoms with Crippen molar-refractivity contribution in [3.05, 3.63) is 35.3 Å². The van der Waals surface area contributed by atoms with E-state index in [2.05, 4.69) is 10.3 Å². The number of hydrogen-bond acceptors (Lipinski definition) is 5. The second-order valence-electron chi connectivity index (χ2n) is 4.59. The van der Waals surface area contributed by atoms with E-state index in [4.69, 9.17) is 4.74 Å². The Balaban J connectivity index is 2.11. The average molecular weight is 305 g/mol. The molecule has 0 aliphatic heterocycles. The van der Waals surface area contributed by atoms with E-state index in [-0.39, 0.29) is 5.91 Å². The Morgan fingerprint density at radius 3 is 2.71 bits per heavy atom. The zero-order valence-electron chi connectivity index (χ0n) is 12.4. The third-order valence-electron chi connectivity index (χ3n) is 3.10. The summed E-state index contributed by atoms with van der Waals surface area (Å²) >= 11 is 1.41. The molecule has 5 nitrogen and oxygen atoms in total. The molecule has 0 spiro atoms. The maximum absolute atomic E-state index is 12.2. The van der Waals surface area contributed by atoms with Crippen molar-refractivity contribution in [3.8, 4) is 16.3 Å². The molecule has 112 valence electrons. The Hall–Kier alpha value is -1.92. The predicted molar refractivity (Wildman–Crippen MR) is 85.0 cm³/mol. The highest BCUT2D eigenvalue weighted by Crippen LogP contribution is 2.27. The zero-order valence-corrected chi connectivity index (χ0v) is 13.2. The molecule has 1 heterocycles. The van der Waals surface area contributed by atoms with Crippen LogP contribution in [0.4, 0.5) is 0 Å². The molecule has 6 heteroatoms. The van der Waals surface area contributed by atoms with E-state index in [0.29, 0.717) is 11.4 Å². The van der Waals surface area contributed by atoms with Crippen molar-refractivity contribution in [1.29, 1.82) is 0 Å². The Labute approximate surface area is 128 Å². The van der Waals surface area contributed by atoms with Crippen LogP contribution in [0.3, 0.4) is 0 Å². The van der Waals surface area contributed by atoms with Crippen LogP contribution >= 0.6 is 11.3 Å². The molecule has 21 heavy (non-hydrogen) atoms. The number of amides is 1. The van der Waals surface area contributed by atoms with Crippen molar-refractivity contribution in [2.24, 2.45) is 0 Å². The fraction of sp³-hybridized carbons (Fsp3) is 0.333. The van der Waals surface area contributed by atoms with Crippen LogP contribution in [-0.2, 0) is 0 Å². The number of benzene rings is 1. The summed E-state index contributed by atoms with van der Waals surface area (Å²) in [5.41, 5.74) is 0.984.